The highest BCUT2D eigenvalue weighted by atomic mass is 35.5. The van der Waals surface area contributed by atoms with E-state index >= 15 is 0 Å². The van der Waals surface area contributed by atoms with E-state index in [1.165, 1.54) is 29.7 Å². The van der Waals surface area contributed by atoms with Gasteiger partial charge in [-0.3, -0.25) is 0 Å². The summed E-state index contributed by atoms with van der Waals surface area (Å²) >= 11 is 6.95. The summed E-state index contributed by atoms with van der Waals surface area (Å²) < 4.78 is 39.8. The minimum absolute atomic E-state index is 0.0256. The van der Waals surface area contributed by atoms with Gasteiger partial charge >= 0.3 is 6.18 Å². The molecule has 0 spiro atoms. The smallest absolute Gasteiger partial charge is 0.360 e. The molecule has 0 saturated carbocycles. The molecule has 1 heterocycles. The molecule has 0 atom stereocenters. The fraction of sp³-hybridized carbons (Fsp3) is 0.0435. The monoisotopic (exact) mass is 455 g/mol. The number of nitrogens with zero attached hydrogens (tertiary/aromatic N) is 2. The van der Waals surface area contributed by atoms with Gasteiger partial charge in [0.15, 0.2) is 0 Å². The van der Waals surface area contributed by atoms with Crippen molar-refractivity contribution in [3.05, 3.63) is 87.8 Å². The summed E-state index contributed by atoms with van der Waals surface area (Å²) in [5.41, 5.74) is 0.596. The van der Waals surface area contributed by atoms with E-state index in [2.05, 4.69) is 10.3 Å². The Morgan fingerprint density at radius 3 is 2.58 bits per heavy atom. The molecule has 0 radical (unpaired) electrons. The van der Waals surface area contributed by atoms with Gasteiger partial charge in [-0.2, -0.15) is 18.4 Å². The quantitative estimate of drug-likeness (QED) is 0.322. The fourth-order valence-corrected chi connectivity index (χ4v) is 4.01. The minimum atomic E-state index is -4.59. The third kappa shape index (κ3) is 4.55. The zero-order valence-corrected chi connectivity index (χ0v) is 17.3. The molecule has 3 nitrogen and oxygen atoms in total. The third-order valence-corrected chi connectivity index (χ3v) is 5.67. The van der Waals surface area contributed by atoms with E-state index < -0.39 is 11.7 Å². The standard InChI is InChI=1S/C23H13ClF3N3S/c24-18-7-8-20(19(10-18)23(25,26)27)29-12-17(11-28)22-30-21(13-31-22)16-6-5-14-3-1-2-4-15(14)9-16/h1-10,12-13,29H/b17-12+. The molecule has 1 aromatic heterocycles. The molecule has 31 heavy (non-hydrogen) atoms. The Bertz CT molecular complexity index is 1340. The number of nitriles is 1. The number of hydrogen-bond donors (Lipinski definition) is 1. The van der Waals surface area contributed by atoms with Crippen LogP contribution in [0.15, 0.2) is 72.2 Å². The Kier molecular flexibility index (Phi) is 5.68. The molecular formula is C23H13ClF3N3S. The Labute approximate surface area is 185 Å². The Morgan fingerprint density at radius 1 is 1.06 bits per heavy atom. The molecule has 0 bridgehead atoms. The molecule has 0 amide bonds. The predicted octanol–water partition coefficient (Wildman–Crippen LogP) is 7.61. The van der Waals surface area contributed by atoms with Crippen LogP contribution in [0.25, 0.3) is 27.6 Å². The number of rotatable bonds is 4. The topological polar surface area (TPSA) is 48.7 Å². The fourth-order valence-electron chi connectivity index (χ4n) is 3.05. The zero-order chi connectivity index (χ0) is 22.0. The number of nitrogens with one attached hydrogen (secondary N) is 1. The summed E-state index contributed by atoms with van der Waals surface area (Å²) in [4.78, 5) is 4.50. The van der Waals surface area contributed by atoms with Crippen LogP contribution in [0, 0.1) is 11.3 Å². The number of hydrogen-bond acceptors (Lipinski definition) is 4. The second kappa shape index (κ2) is 8.42. The van der Waals surface area contributed by atoms with Crippen LogP contribution in [0.1, 0.15) is 10.6 Å². The van der Waals surface area contributed by atoms with Crippen molar-refractivity contribution in [3.8, 4) is 17.3 Å². The van der Waals surface area contributed by atoms with Gasteiger partial charge in [-0.15, -0.1) is 11.3 Å². The molecule has 0 fully saturated rings. The first kappa shape index (κ1) is 20.9. The largest absolute Gasteiger partial charge is 0.418 e. The van der Waals surface area contributed by atoms with Crippen molar-refractivity contribution in [3.63, 3.8) is 0 Å². The van der Waals surface area contributed by atoms with Gasteiger partial charge in [-0.25, -0.2) is 4.98 Å². The zero-order valence-electron chi connectivity index (χ0n) is 15.7. The van der Waals surface area contributed by atoms with Crippen LogP contribution in [-0.2, 0) is 6.18 Å². The average Bonchev–Trinajstić information content (AvgIpc) is 3.24. The second-order valence-electron chi connectivity index (χ2n) is 6.60. The van der Waals surface area contributed by atoms with Crippen LogP contribution in [0.3, 0.4) is 0 Å². The first-order valence-electron chi connectivity index (χ1n) is 9.04. The average molecular weight is 456 g/mol. The maximum atomic E-state index is 13.3. The van der Waals surface area contributed by atoms with Crippen LogP contribution < -0.4 is 5.32 Å². The van der Waals surface area contributed by atoms with E-state index in [-0.39, 0.29) is 16.3 Å². The number of alkyl halides is 3. The number of fused-ring (bicyclic) bond motifs is 1. The second-order valence-corrected chi connectivity index (χ2v) is 7.90. The van der Waals surface area contributed by atoms with Crippen molar-refractivity contribution in [2.75, 3.05) is 5.32 Å². The summed E-state index contributed by atoms with van der Waals surface area (Å²) in [6, 6.07) is 19.3. The number of aromatic nitrogens is 1. The van der Waals surface area contributed by atoms with Crippen LogP contribution in [0.5, 0.6) is 0 Å². The molecule has 4 rings (SSSR count). The molecule has 0 saturated heterocycles. The molecule has 0 aliphatic rings. The van der Waals surface area contributed by atoms with E-state index in [4.69, 9.17) is 11.6 Å². The van der Waals surface area contributed by atoms with Gasteiger partial charge in [0.25, 0.3) is 0 Å². The van der Waals surface area contributed by atoms with E-state index in [9.17, 15) is 18.4 Å². The molecule has 0 unspecified atom stereocenters. The van der Waals surface area contributed by atoms with Gasteiger partial charge in [-0.1, -0.05) is 48.0 Å². The normalized spacial score (nSPS) is 12.0. The van der Waals surface area contributed by atoms with Gasteiger partial charge in [-0.05, 0) is 35.0 Å². The molecule has 8 heteroatoms. The predicted molar refractivity (Wildman–Crippen MR) is 119 cm³/mol. The minimum Gasteiger partial charge on any atom is -0.360 e. The SMILES string of the molecule is N#C/C(=C\Nc1ccc(Cl)cc1C(F)(F)F)c1nc(-c2ccc3ccccc3c2)cs1. The van der Waals surface area contributed by atoms with E-state index in [0.29, 0.717) is 10.7 Å². The molecule has 3 aromatic carbocycles. The lowest BCUT2D eigenvalue weighted by Gasteiger charge is -2.13. The maximum Gasteiger partial charge on any atom is 0.418 e. The van der Waals surface area contributed by atoms with E-state index in [1.54, 1.807) is 0 Å². The lowest BCUT2D eigenvalue weighted by atomic mass is 10.1. The number of anilines is 1. The molecule has 0 aliphatic carbocycles. The molecule has 154 valence electrons. The molecule has 0 aliphatic heterocycles. The highest BCUT2D eigenvalue weighted by molar-refractivity contribution is 7.11. The van der Waals surface area contributed by atoms with Crippen molar-refractivity contribution in [2.24, 2.45) is 0 Å². The van der Waals surface area contributed by atoms with Crippen molar-refractivity contribution < 1.29 is 13.2 Å². The Morgan fingerprint density at radius 2 is 1.84 bits per heavy atom. The van der Waals surface area contributed by atoms with Crippen molar-refractivity contribution >= 4 is 45.0 Å². The lowest BCUT2D eigenvalue weighted by Crippen LogP contribution is -2.08. The first-order valence-corrected chi connectivity index (χ1v) is 10.3. The lowest BCUT2D eigenvalue weighted by molar-refractivity contribution is -0.136. The van der Waals surface area contributed by atoms with Crippen LogP contribution in [0.2, 0.25) is 5.02 Å². The Hall–Kier alpha value is -3.34. The van der Waals surface area contributed by atoms with Crippen molar-refractivity contribution in [1.82, 2.24) is 4.98 Å². The molecule has 4 aromatic rings. The summed E-state index contributed by atoms with van der Waals surface area (Å²) in [6.07, 6.45) is -3.36. The van der Waals surface area contributed by atoms with Crippen LogP contribution >= 0.6 is 22.9 Å². The molecule has 1 N–H and O–H groups in total. The van der Waals surface area contributed by atoms with Gasteiger partial charge in [0, 0.05) is 22.2 Å². The Balaban J connectivity index is 1.63. The van der Waals surface area contributed by atoms with Crippen molar-refractivity contribution in [2.45, 2.75) is 6.18 Å². The van der Waals surface area contributed by atoms with Gasteiger partial charge in [0.1, 0.15) is 16.6 Å². The van der Waals surface area contributed by atoms with Crippen LogP contribution in [0.4, 0.5) is 18.9 Å². The van der Waals surface area contributed by atoms with E-state index in [1.807, 2.05) is 53.9 Å². The van der Waals surface area contributed by atoms with Gasteiger partial charge in [0.2, 0.25) is 0 Å². The summed E-state index contributed by atoms with van der Waals surface area (Å²) in [6.45, 7) is 0. The summed E-state index contributed by atoms with van der Waals surface area (Å²) in [5, 5.41) is 16.4. The molecular weight excluding hydrogens is 443 g/mol. The number of allylic oxidation sites excluding steroid dienone is 1. The number of benzene rings is 3. The first-order chi connectivity index (χ1) is 14.8. The van der Waals surface area contributed by atoms with E-state index in [0.717, 1.165) is 22.4 Å². The number of thiazole rings is 1. The third-order valence-electron chi connectivity index (χ3n) is 4.56. The van der Waals surface area contributed by atoms with Crippen molar-refractivity contribution in [1.29, 1.82) is 5.26 Å². The number of halogens is 4. The van der Waals surface area contributed by atoms with Crippen LogP contribution in [-0.4, -0.2) is 4.98 Å². The maximum absolute atomic E-state index is 13.3. The highest BCUT2D eigenvalue weighted by Gasteiger charge is 2.33. The highest BCUT2D eigenvalue weighted by Crippen LogP contribution is 2.37. The summed E-state index contributed by atoms with van der Waals surface area (Å²) in [7, 11) is 0. The summed E-state index contributed by atoms with van der Waals surface area (Å²) in [5.74, 6) is 0. The van der Waals surface area contributed by atoms with Gasteiger partial charge in [0.05, 0.1) is 16.9 Å². The van der Waals surface area contributed by atoms with Gasteiger partial charge < -0.3 is 5.32 Å².